The van der Waals surface area contributed by atoms with Gasteiger partial charge in [-0.3, -0.25) is 4.79 Å². The van der Waals surface area contributed by atoms with Crippen molar-refractivity contribution in [2.24, 2.45) is 0 Å². The summed E-state index contributed by atoms with van der Waals surface area (Å²) in [7, 11) is 0. The predicted molar refractivity (Wildman–Crippen MR) is 59.5 cm³/mol. The highest BCUT2D eigenvalue weighted by molar-refractivity contribution is 9.12. The zero-order chi connectivity index (χ0) is 9.90. The second-order valence-electron chi connectivity index (χ2n) is 3.30. The van der Waals surface area contributed by atoms with Gasteiger partial charge in [-0.15, -0.1) is 0 Å². The molecule has 1 saturated carbocycles. The topological polar surface area (TPSA) is 26.3 Å². The minimum Gasteiger partial charge on any atom is -0.465 e. The molecule has 0 unspecified atom stereocenters. The highest BCUT2D eigenvalue weighted by Crippen LogP contribution is 2.41. The van der Waals surface area contributed by atoms with Gasteiger partial charge in [-0.25, -0.2) is 0 Å². The minimum absolute atomic E-state index is 0.128. The van der Waals surface area contributed by atoms with Gasteiger partial charge in [-0.2, -0.15) is 0 Å². The van der Waals surface area contributed by atoms with E-state index in [4.69, 9.17) is 4.74 Å². The number of ether oxygens (including phenoxy) is 1. The third-order valence-electron chi connectivity index (χ3n) is 2.36. The van der Waals surface area contributed by atoms with Gasteiger partial charge in [-0.05, 0) is 19.8 Å². The van der Waals surface area contributed by atoms with Gasteiger partial charge in [0.1, 0.15) is 4.32 Å². The van der Waals surface area contributed by atoms with E-state index < -0.39 is 4.32 Å². The number of carbonyl (C=O) groups excluding carboxylic acids is 1. The standard InChI is InChI=1S/C9H14Br2O2/c1-2-13-8(12)9(11)6-4-3-5-7(9)10/h7H,2-6H2,1H3/t7-,9+/m1/s1. The molecular formula is C9H14Br2O2. The Morgan fingerprint density at radius 2 is 2.31 bits per heavy atom. The van der Waals surface area contributed by atoms with Crippen LogP contribution in [0.2, 0.25) is 0 Å². The third-order valence-corrected chi connectivity index (χ3v) is 5.49. The van der Waals surface area contributed by atoms with Crippen molar-refractivity contribution in [2.45, 2.75) is 41.8 Å². The zero-order valence-corrected chi connectivity index (χ0v) is 10.9. The number of esters is 1. The van der Waals surface area contributed by atoms with Gasteiger partial charge >= 0.3 is 5.97 Å². The fourth-order valence-corrected chi connectivity index (χ4v) is 2.94. The molecule has 4 heteroatoms. The van der Waals surface area contributed by atoms with Crippen LogP contribution in [0.4, 0.5) is 0 Å². The molecule has 0 spiro atoms. The first kappa shape index (κ1) is 11.5. The molecule has 0 aliphatic heterocycles. The summed E-state index contributed by atoms with van der Waals surface area (Å²) in [6.45, 7) is 2.28. The fourth-order valence-electron chi connectivity index (χ4n) is 1.57. The van der Waals surface area contributed by atoms with Gasteiger partial charge in [0.2, 0.25) is 0 Å². The molecular weight excluding hydrogens is 300 g/mol. The Hall–Kier alpha value is 0.430. The number of hydrogen-bond acceptors (Lipinski definition) is 2. The van der Waals surface area contributed by atoms with Crippen LogP contribution in [-0.4, -0.2) is 21.7 Å². The van der Waals surface area contributed by atoms with E-state index in [2.05, 4.69) is 31.9 Å². The molecule has 0 aromatic rings. The molecule has 0 bridgehead atoms. The fraction of sp³-hybridized carbons (Fsp3) is 0.889. The number of halogens is 2. The molecule has 1 fully saturated rings. The molecule has 0 aromatic carbocycles. The molecule has 0 heterocycles. The monoisotopic (exact) mass is 312 g/mol. The third kappa shape index (κ3) is 2.46. The summed E-state index contributed by atoms with van der Waals surface area (Å²) in [5.74, 6) is -0.128. The maximum absolute atomic E-state index is 11.6. The van der Waals surface area contributed by atoms with Gasteiger partial charge in [0, 0.05) is 4.83 Å². The molecule has 0 radical (unpaired) electrons. The lowest BCUT2D eigenvalue weighted by molar-refractivity contribution is -0.146. The summed E-state index contributed by atoms with van der Waals surface area (Å²) < 4.78 is 4.55. The van der Waals surface area contributed by atoms with Gasteiger partial charge in [-0.1, -0.05) is 44.7 Å². The molecule has 1 aliphatic carbocycles. The van der Waals surface area contributed by atoms with Crippen molar-refractivity contribution in [3.8, 4) is 0 Å². The van der Waals surface area contributed by atoms with E-state index in [1.807, 2.05) is 6.92 Å². The summed E-state index contributed by atoms with van der Waals surface area (Å²) in [5.41, 5.74) is 0. The Kier molecular flexibility index (Phi) is 4.23. The predicted octanol–water partition coefficient (Wildman–Crippen LogP) is 3.02. The van der Waals surface area contributed by atoms with Crippen molar-refractivity contribution in [3.05, 3.63) is 0 Å². The lowest BCUT2D eigenvalue weighted by Gasteiger charge is -2.33. The normalized spacial score (nSPS) is 34.2. The largest absolute Gasteiger partial charge is 0.465 e. The van der Waals surface area contributed by atoms with Crippen molar-refractivity contribution >= 4 is 37.8 Å². The second kappa shape index (κ2) is 4.78. The van der Waals surface area contributed by atoms with Crippen LogP contribution >= 0.6 is 31.9 Å². The van der Waals surface area contributed by atoms with Gasteiger partial charge < -0.3 is 4.74 Å². The summed E-state index contributed by atoms with van der Waals surface area (Å²) in [5, 5.41) is 0. The van der Waals surface area contributed by atoms with E-state index in [1.165, 1.54) is 6.42 Å². The first-order chi connectivity index (χ1) is 6.11. The summed E-state index contributed by atoms with van der Waals surface area (Å²) >= 11 is 7.04. The van der Waals surface area contributed by atoms with Crippen molar-refractivity contribution in [1.82, 2.24) is 0 Å². The van der Waals surface area contributed by atoms with E-state index in [0.717, 1.165) is 19.3 Å². The van der Waals surface area contributed by atoms with Crippen LogP contribution in [0.1, 0.15) is 32.6 Å². The first-order valence-electron chi connectivity index (χ1n) is 4.61. The quantitative estimate of drug-likeness (QED) is 0.578. The first-order valence-corrected chi connectivity index (χ1v) is 6.32. The Balaban J connectivity index is 2.65. The van der Waals surface area contributed by atoms with E-state index in [0.29, 0.717) is 6.61 Å². The lowest BCUT2D eigenvalue weighted by Crippen LogP contribution is -2.44. The van der Waals surface area contributed by atoms with Crippen molar-refractivity contribution < 1.29 is 9.53 Å². The average molecular weight is 314 g/mol. The molecule has 1 rings (SSSR count). The number of hydrogen-bond donors (Lipinski definition) is 0. The average Bonchev–Trinajstić information content (AvgIpc) is 2.11. The van der Waals surface area contributed by atoms with Crippen LogP contribution < -0.4 is 0 Å². The van der Waals surface area contributed by atoms with Crippen molar-refractivity contribution in [1.29, 1.82) is 0 Å². The summed E-state index contributed by atoms with van der Waals surface area (Å²) in [6, 6.07) is 0. The van der Waals surface area contributed by atoms with Crippen molar-refractivity contribution in [3.63, 3.8) is 0 Å². The lowest BCUT2D eigenvalue weighted by atomic mass is 9.89. The molecule has 2 atom stereocenters. The molecule has 0 saturated heterocycles. The number of alkyl halides is 2. The highest BCUT2D eigenvalue weighted by atomic mass is 79.9. The van der Waals surface area contributed by atoms with Gasteiger partial charge in [0.25, 0.3) is 0 Å². The Bertz CT molecular complexity index is 196. The highest BCUT2D eigenvalue weighted by Gasteiger charge is 2.44. The van der Waals surface area contributed by atoms with Gasteiger partial charge in [0.15, 0.2) is 0 Å². The van der Waals surface area contributed by atoms with E-state index >= 15 is 0 Å². The molecule has 1 aliphatic rings. The second-order valence-corrected chi connectivity index (χ2v) is 5.82. The Morgan fingerprint density at radius 1 is 1.62 bits per heavy atom. The van der Waals surface area contributed by atoms with Crippen LogP contribution in [0, 0.1) is 0 Å². The Morgan fingerprint density at radius 3 is 2.85 bits per heavy atom. The van der Waals surface area contributed by atoms with E-state index in [9.17, 15) is 4.79 Å². The van der Waals surface area contributed by atoms with E-state index in [1.54, 1.807) is 0 Å². The minimum atomic E-state index is -0.485. The number of carbonyl (C=O) groups is 1. The smallest absolute Gasteiger partial charge is 0.324 e. The molecule has 0 N–H and O–H groups in total. The van der Waals surface area contributed by atoms with Crippen LogP contribution in [0.15, 0.2) is 0 Å². The molecule has 13 heavy (non-hydrogen) atoms. The van der Waals surface area contributed by atoms with Crippen LogP contribution in [0.3, 0.4) is 0 Å². The van der Waals surface area contributed by atoms with E-state index in [-0.39, 0.29) is 10.8 Å². The van der Waals surface area contributed by atoms with Crippen LogP contribution in [0.5, 0.6) is 0 Å². The molecule has 2 nitrogen and oxygen atoms in total. The molecule has 76 valence electrons. The van der Waals surface area contributed by atoms with Crippen molar-refractivity contribution in [2.75, 3.05) is 6.61 Å². The summed E-state index contributed by atoms with van der Waals surface area (Å²) in [4.78, 5) is 11.8. The maximum atomic E-state index is 11.6. The van der Waals surface area contributed by atoms with Gasteiger partial charge in [0.05, 0.1) is 6.61 Å². The Labute approximate surface area is 95.7 Å². The molecule has 0 amide bonds. The zero-order valence-electron chi connectivity index (χ0n) is 7.69. The SMILES string of the molecule is CCOC(=O)[C@]1(Br)CCCC[C@H]1Br. The van der Waals surface area contributed by atoms with Crippen LogP contribution in [0.25, 0.3) is 0 Å². The van der Waals surface area contributed by atoms with Crippen LogP contribution in [-0.2, 0) is 9.53 Å². The molecule has 0 aromatic heterocycles. The summed E-state index contributed by atoms with van der Waals surface area (Å²) in [6.07, 6.45) is 4.17. The number of rotatable bonds is 2. The maximum Gasteiger partial charge on any atom is 0.324 e.